The van der Waals surface area contributed by atoms with E-state index in [1.807, 2.05) is 44.8 Å². The maximum atomic E-state index is 5.50. The summed E-state index contributed by atoms with van der Waals surface area (Å²) in [7, 11) is 0. The van der Waals surface area contributed by atoms with E-state index in [0.29, 0.717) is 0 Å². The van der Waals surface area contributed by atoms with Gasteiger partial charge in [-0.2, -0.15) is 5.10 Å². The average Bonchev–Trinajstić information content (AvgIpc) is 3.05. The Hall–Kier alpha value is -1.50. The number of nitrogens with zero attached hydrogens (tertiary/aromatic N) is 4. The molecule has 0 fully saturated rings. The van der Waals surface area contributed by atoms with Crippen LogP contribution in [0.1, 0.15) is 10.4 Å². The van der Waals surface area contributed by atoms with Gasteiger partial charge in [-0.3, -0.25) is 9.30 Å². The third-order valence-corrected chi connectivity index (χ3v) is 5.14. The molecule has 0 radical (unpaired) electrons. The van der Waals surface area contributed by atoms with Crippen molar-refractivity contribution in [1.29, 1.82) is 0 Å². The van der Waals surface area contributed by atoms with Crippen LogP contribution in [-0.2, 0) is 19.6 Å². The fourth-order valence-corrected chi connectivity index (χ4v) is 3.82. The lowest BCUT2D eigenvalue weighted by molar-refractivity contribution is 0.190. The second-order valence-corrected chi connectivity index (χ2v) is 6.39. The minimum atomic E-state index is 0.760. The first kappa shape index (κ1) is 12.3. The van der Waals surface area contributed by atoms with Crippen LogP contribution in [0.15, 0.2) is 35.8 Å². The van der Waals surface area contributed by atoms with Crippen molar-refractivity contribution in [3.8, 4) is 0 Å². The Morgan fingerprint density at radius 3 is 3.15 bits per heavy atom. The van der Waals surface area contributed by atoms with Crippen molar-refractivity contribution in [3.05, 3.63) is 51.1 Å². The SMILES string of the molecule is S=c1n(CN2CCc3sccc3C2)nc2ccccn12. The lowest BCUT2D eigenvalue weighted by Gasteiger charge is -2.26. The Labute approximate surface area is 125 Å². The molecule has 0 spiro atoms. The number of fused-ring (bicyclic) bond motifs is 2. The third kappa shape index (κ3) is 2.00. The fourth-order valence-electron chi connectivity index (χ4n) is 2.68. The maximum absolute atomic E-state index is 5.50. The summed E-state index contributed by atoms with van der Waals surface area (Å²) in [6.45, 7) is 2.83. The molecule has 0 aliphatic carbocycles. The lowest BCUT2D eigenvalue weighted by atomic mass is 10.1. The quantitative estimate of drug-likeness (QED) is 0.681. The molecule has 20 heavy (non-hydrogen) atoms. The van der Waals surface area contributed by atoms with Crippen molar-refractivity contribution in [2.75, 3.05) is 6.54 Å². The number of hydrogen-bond donors (Lipinski definition) is 0. The van der Waals surface area contributed by atoms with Gasteiger partial charge in [0.1, 0.15) is 0 Å². The van der Waals surface area contributed by atoms with Crippen LogP contribution < -0.4 is 0 Å². The van der Waals surface area contributed by atoms with Gasteiger partial charge in [0, 0.05) is 24.2 Å². The van der Waals surface area contributed by atoms with Gasteiger partial charge in [-0.1, -0.05) is 6.07 Å². The Morgan fingerprint density at radius 2 is 2.25 bits per heavy atom. The molecule has 0 amide bonds. The molecule has 102 valence electrons. The maximum Gasteiger partial charge on any atom is 0.203 e. The van der Waals surface area contributed by atoms with E-state index in [2.05, 4.69) is 21.4 Å². The van der Waals surface area contributed by atoms with Crippen molar-refractivity contribution in [3.63, 3.8) is 0 Å². The Bertz CT molecular complexity index is 814. The highest BCUT2D eigenvalue weighted by atomic mass is 32.1. The Balaban J connectivity index is 1.62. The van der Waals surface area contributed by atoms with Gasteiger partial charge in [0.2, 0.25) is 4.77 Å². The van der Waals surface area contributed by atoms with E-state index in [4.69, 9.17) is 12.2 Å². The first-order valence-corrected chi connectivity index (χ1v) is 7.92. The predicted molar refractivity (Wildman–Crippen MR) is 82.4 cm³/mol. The van der Waals surface area contributed by atoms with Crippen molar-refractivity contribution in [2.45, 2.75) is 19.6 Å². The van der Waals surface area contributed by atoms with E-state index in [1.54, 1.807) is 0 Å². The van der Waals surface area contributed by atoms with Crippen LogP contribution in [-0.4, -0.2) is 25.6 Å². The number of hydrogen-bond acceptors (Lipinski definition) is 4. The molecule has 1 aliphatic rings. The molecule has 6 heteroatoms. The minimum Gasteiger partial charge on any atom is -0.280 e. The summed E-state index contributed by atoms with van der Waals surface area (Å²) in [5.41, 5.74) is 2.36. The molecule has 0 N–H and O–H groups in total. The normalized spacial score (nSPS) is 15.6. The summed E-state index contributed by atoms with van der Waals surface area (Å²) in [5, 5.41) is 6.77. The molecule has 4 nitrogen and oxygen atoms in total. The molecule has 1 aliphatic heterocycles. The summed E-state index contributed by atoms with van der Waals surface area (Å²) in [6, 6.07) is 8.18. The van der Waals surface area contributed by atoms with Gasteiger partial charge in [-0.15, -0.1) is 11.3 Å². The van der Waals surface area contributed by atoms with E-state index in [1.165, 1.54) is 10.4 Å². The fraction of sp³-hybridized carbons (Fsp3) is 0.286. The average molecular weight is 302 g/mol. The zero-order chi connectivity index (χ0) is 13.5. The minimum absolute atomic E-state index is 0.760. The predicted octanol–water partition coefficient (Wildman–Crippen LogP) is 2.94. The summed E-state index contributed by atoms with van der Waals surface area (Å²) >= 11 is 7.36. The van der Waals surface area contributed by atoms with Crippen LogP contribution in [0.5, 0.6) is 0 Å². The zero-order valence-corrected chi connectivity index (χ0v) is 12.5. The first-order chi connectivity index (χ1) is 9.81. The van der Waals surface area contributed by atoms with Gasteiger partial charge in [0.15, 0.2) is 5.65 Å². The molecule has 4 rings (SSSR count). The number of rotatable bonds is 2. The van der Waals surface area contributed by atoms with Crippen molar-refractivity contribution >= 4 is 29.2 Å². The van der Waals surface area contributed by atoms with Gasteiger partial charge in [0.25, 0.3) is 0 Å². The highest BCUT2D eigenvalue weighted by Crippen LogP contribution is 2.24. The largest absolute Gasteiger partial charge is 0.280 e. The number of aromatic nitrogens is 3. The van der Waals surface area contributed by atoms with E-state index >= 15 is 0 Å². The summed E-state index contributed by atoms with van der Waals surface area (Å²) in [6.07, 6.45) is 3.10. The van der Waals surface area contributed by atoms with Crippen LogP contribution in [0.3, 0.4) is 0 Å². The van der Waals surface area contributed by atoms with Gasteiger partial charge in [-0.05, 0) is 47.8 Å². The molecular formula is C14H14N4S2. The number of thiophene rings is 1. The van der Waals surface area contributed by atoms with Crippen molar-refractivity contribution < 1.29 is 0 Å². The van der Waals surface area contributed by atoms with Gasteiger partial charge < -0.3 is 0 Å². The van der Waals surface area contributed by atoms with Gasteiger partial charge in [0.05, 0.1) is 6.67 Å². The van der Waals surface area contributed by atoms with E-state index in [9.17, 15) is 0 Å². The van der Waals surface area contributed by atoms with Gasteiger partial charge in [-0.25, -0.2) is 4.68 Å². The second-order valence-electron chi connectivity index (χ2n) is 5.02. The molecule has 0 bridgehead atoms. The summed E-state index contributed by atoms with van der Waals surface area (Å²) in [4.78, 5) is 3.93. The van der Waals surface area contributed by atoms with E-state index in [0.717, 1.165) is 36.6 Å². The van der Waals surface area contributed by atoms with Crippen LogP contribution in [0.4, 0.5) is 0 Å². The van der Waals surface area contributed by atoms with E-state index < -0.39 is 0 Å². The smallest absolute Gasteiger partial charge is 0.203 e. The monoisotopic (exact) mass is 302 g/mol. The summed E-state index contributed by atoms with van der Waals surface area (Å²) in [5.74, 6) is 0. The highest BCUT2D eigenvalue weighted by molar-refractivity contribution is 7.71. The van der Waals surface area contributed by atoms with E-state index in [-0.39, 0.29) is 0 Å². The van der Waals surface area contributed by atoms with Crippen molar-refractivity contribution in [1.82, 2.24) is 19.1 Å². The molecule has 0 saturated heterocycles. The first-order valence-electron chi connectivity index (χ1n) is 6.63. The molecule has 0 saturated carbocycles. The van der Waals surface area contributed by atoms with Gasteiger partial charge >= 0.3 is 0 Å². The molecule has 3 aromatic heterocycles. The van der Waals surface area contributed by atoms with Crippen LogP contribution in [0.2, 0.25) is 0 Å². The van der Waals surface area contributed by atoms with Crippen LogP contribution in [0.25, 0.3) is 5.65 Å². The number of pyridine rings is 1. The zero-order valence-electron chi connectivity index (χ0n) is 10.9. The summed E-state index contributed by atoms with van der Waals surface area (Å²) < 4.78 is 4.63. The Kier molecular flexibility index (Phi) is 2.94. The molecule has 3 aromatic rings. The topological polar surface area (TPSA) is 25.5 Å². The highest BCUT2D eigenvalue weighted by Gasteiger charge is 2.18. The molecule has 0 unspecified atom stereocenters. The lowest BCUT2D eigenvalue weighted by Crippen LogP contribution is -2.32. The second kappa shape index (κ2) is 4.80. The Morgan fingerprint density at radius 1 is 1.30 bits per heavy atom. The van der Waals surface area contributed by atoms with Crippen molar-refractivity contribution in [2.24, 2.45) is 0 Å². The molecular weight excluding hydrogens is 288 g/mol. The molecule has 0 atom stereocenters. The van der Waals surface area contributed by atoms with Crippen LogP contribution >= 0.6 is 23.6 Å². The van der Waals surface area contributed by atoms with Crippen LogP contribution in [0, 0.1) is 4.77 Å². The third-order valence-electron chi connectivity index (χ3n) is 3.71. The standard InChI is InChI=1S/C14H14N4S2/c19-14-17-6-2-1-3-13(17)15-18(14)10-16-7-4-12-11(9-16)5-8-20-12/h1-3,5-6,8H,4,7,9-10H2. The molecule has 4 heterocycles. The molecule has 0 aromatic carbocycles.